The van der Waals surface area contributed by atoms with Crippen LogP contribution in [0.25, 0.3) is 0 Å². The van der Waals surface area contributed by atoms with Crippen LogP contribution in [0.2, 0.25) is 0 Å². The Morgan fingerprint density at radius 1 is 1.31 bits per heavy atom. The van der Waals surface area contributed by atoms with E-state index in [0.29, 0.717) is 36.8 Å². The summed E-state index contributed by atoms with van der Waals surface area (Å²) in [7, 11) is -3.20. The molecular weight excluding hydrogens is 472 g/mol. The molecule has 148 valence electrons. The minimum atomic E-state index is -3.20. The lowest BCUT2D eigenvalue weighted by atomic mass is 9.89. The van der Waals surface area contributed by atoms with Gasteiger partial charge in [0.25, 0.3) is 0 Å². The molecule has 1 saturated heterocycles. The van der Waals surface area contributed by atoms with Crippen molar-refractivity contribution < 1.29 is 17.5 Å². The molecule has 0 bridgehead atoms. The lowest BCUT2D eigenvalue weighted by molar-refractivity contribution is -0.0971. The fourth-order valence-electron chi connectivity index (χ4n) is 2.52. The van der Waals surface area contributed by atoms with Crippen LogP contribution in [0.5, 0.6) is 0 Å². The first kappa shape index (κ1) is 23.1. The number of rotatable bonds is 7. The van der Waals surface area contributed by atoms with E-state index in [2.05, 4.69) is 22.5 Å². The third kappa shape index (κ3) is 7.36. The molecule has 0 atom stereocenters. The van der Waals surface area contributed by atoms with E-state index in [1.165, 1.54) is 18.2 Å². The van der Waals surface area contributed by atoms with Gasteiger partial charge >= 0.3 is 0 Å². The molecule has 0 unspecified atom stereocenters. The number of guanidine groups is 1. The molecule has 0 radical (unpaired) electrons. The Bertz CT molecular complexity index is 737. The van der Waals surface area contributed by atoms with E-state index in [4.69, 9.17) is 4.74 Å². The highest BCUT2D eigenvalue weighted by molar-refractivity contribution is 14.0. The van der Waals surface area contributed by atoms with Crippen molar-refractivity contribution in [2.75, 3.05) is 32.6 Å². The van der Waals surface area contributed by atoms with Gasteiger partial charge in [0.05, 0.1) is 25.5 Å². The van der Waals surface area contributed by atoms with Crippen molar-refractivity contribution >= 4 is 39.8 Å². The number of hydrogen-bond donors (Lipinski definition) is 2. The predicted octanol–water partition coefficient (Wildman–Crippen LogP) is 2.08. The van der Waals surface area contributed by atoms with Crippen LogP contribution in [-0.2, 0) is 26.9 Å². The lowest BCUT2D eigenvalue weighted by Crippen LogP contribution is -2.51. The summed E-state index contributed by atoms with van der Waals surface area (Å²) >= 11 is 0. The molecule has 1 aromatic rings. The highest BCUT2D eigenvalue weighted by Gasteiger charge is 2.33. The van der Waals surface area contributed by atoms with Gasteiger partial charge in [-0.25, -0.2) is 17.8 Å². The number of hydrogen-bond acceptors (Lipinski definition) is 4. The first-order chi connectivity index (χ1) is 11.7. The summed E-state index contributed by atoms with van der Waals surface area (Å²) in [6.07, 6.45) is 1.16. The number of nitrogens with zero attached hydrogens (tertiary/aromatic N) is 1. The molecule has 9 heteroatoms. The Hall–Kier alpha value is -0.940. The monoisotopic (exact) mass is 499 g/mol. The number of nitrogens with one attached hydrogen (secondary N) is 2. The summed E-state index contributed by atoms with van der Waals surface area (Å²) in [6.45, 7) is 7.12. The van der Waals surface area contributed by atoms with Crippen molar-refractivity contribution in [2.45, 2.75) is 26.1 Å². The molecule has 0 spiro atoms. The number of ether oxygens (including phenoxy) is 1. The zero-order valence-corrected chi connectivity index (χ0v) is 18.5. The van der Waals surface area contributed by atoms with Crippen LogP contribution in [0.15, 0.2) is 23.2 Å². The van der Waals surface area contributed by atoms with E-state index < -0.39 is 15.7 Å². The second-order valence-electron chi connectivity index (χ2n) is 6.84. The molecule has 6 nitrogen and oxygen atoms in total. The van der Waals surface area contributed by atoms with Crippen molar-refractivity contribution in [1.82, 2.24) is 10.6 Å². The van der Waals surface area contributed by atoms with Crippen LogP contribution in [0.4, 0.5) is 4.39 Å². The summed E-state index contributed by atoms with van der Waals surface area (Å²) in [4.78, 5) is 4.47. The van der Waals surface area contributed by atoms with Gasteiger partial charge < -0.3 is 15.4 Å². The second kappa shape index (κ2) is 9.84. The molecule has 0 aromatic heterocycles. The van der Waals surface area contributed by atoms with Gasteiger partial charge in [-0.05, 0) is 30.2 Å². The van der Waals surface area contributed by atoms with Gasteiger partial charge in [-0.15, -0.1) is 24.0 Å². The maximum absolute atomic E-state index is 13.6. The molecule has 1 aliphatic rings. The SMILES string of the molecule is CCNC(=NCc1cc(F)ccc1CS(C)(=O)=O)NCC1(C)COC1.I. The van der Waals surface area contributed by atoms with E-state index in [1.807, 2.05) is 6.92 Å². The van der Waals surface area contributed by atoms with Crippen molar-refractivity contribution in [1.29, 1.82) is 0 Å². The normalized spacial score (nSPS) is 16.4. The maximum Gasteiger partial charge on any atom is 0.191 e. The number of halogens is 2. The Kier molecular flexibility index (Phi) is 8.74. The van der Waals surface area contributed by atoms with E-state index in [1.54, 1.807) is 0 Å². The smallest absolute Gasteiger partial charge is 0.191 e. The third-order valence-corrected chi connectivity index (χ3v) is 4.76. The number of benzene rings is 1. The third-order valence-electron chi connectivity index (χ3n) is 3.92. The van der Waals surface area contributed by atoms with E-state index in [0.717, 1.165) is 12.8 Å². The molecule has 26 heavy (non-hydrogen) atoms. The van der Waals surface area contributed by atoms with Crippen molar-refractivity contribution in [3.63, 3.8) is 0 Å². The Balaban J connectivity index is 0.00000338. The van der Waals surface area contributed by atoms with Crippen LogP contribution >= 0.6 is 24.0 Å². The van der Waals surface area contributed by atoms with Gasteiger partial charge in [0.2, 0.25) is 0 Å². The fraction of sp³-hybridized carbons (Fsp3) is 0.588. The van der Waals surface area contributed by atoms with E-state index in [-0.39, 0.29) is 41.7 Å². The van der Waals surface area contributed by atoms with Crippen LogP contribution in [0.3, 0.4) is 0 Å². The van der Waals surface area contributed by atoms with Gasteiger partial charge in [0, 0.05) is 24.8 Å². The molecule has 2 rings (SSSR count). The topological polar surface area (TPSA) is 79.8 Å². The van der Waals surface area contributed by atoms with E-state index in [9.17, 15) is 12.8 Å². The minimum absolute atomic E-state index is 0. The Morgan fingerprint density at radius 3 is 2.54 bits per heavy atom. The Labute approximate surface area is 171 Å². The van der Waals surface area contributed by atoms with Crippen molar-refractivity contribution in [2.24, 2.45) is 10.4 Å². The minimum Gasteiger partial charge on any atom is -0.380 e. The predicted molar refractivity (Wildman–Crippen MR) is 112 cm³/mol. The van der Waals surface area contributed by atoms with Crippen LogP contribution in [-0.4, -0.2) is 46.9 Å². The first-order valence-electron chi connectivity index (χ1n) is 8.26. The van der Waals surface area contributed by atoms with Crippen LogP contribution in [0, 0.1) is 11.2 Å². The average Bonchev–Trinajstić information content (AvgIpc) is 2.49. The summed E-state index contributed by atoms with van der Waals surface area (Å²) in [6, 6.07) is 4.12. The highest BCUT2D eigenvalue weighted by Crippen LogP contribution is 2.25. The first-order valence-corrected chi connectivity index (χ1v) is 10.3. The molecule has 0 aliphatic carbocycles. The summed E-state index contributed by atoms with van der Waals surface area (Å²) in [5.41, 5.74) is 1.24. The highest BCUT2D eigenvalue weighted by atomic mass is 127. The standard InChI is InChI=1S/C17H26FN3O3S.HI/c1-4-19-16(21-10-17(2)11-24-12-17)20-8-14-7-15(18)6-5-13(14)9-25(3,22)23;/h5-7H,4,8-12H2,1-3H3,(H2,19,20,21);1H. The van der Waals surface area contributed by atoms with Crippen molar-refractivity contribution in [3.05, 3.63) is 35.1 Å². The van der Waals surface area contributed by atoms with E-state index >= 15 is 0 Å². The van der Waals surface area contributed by atoms with Crippen LogP contribution < -0.4 is 10.6 Å². The van der Waals surface area contributed by atoms with Gasteiger partial charge in [0.1, 0.15) is 5.82 Å². The average molecular weight is 499 g/mol. The zero-order chi connectivity index (χ0) is 18.5. The van der Waals surface area contributed by atoms with Crippen LogP contribution in [0.1, 0.15) is 25.0 Å². The molecule has 1 heterocycles. The molecule has 1 aliphatic heterocycles. The fourth-order valence-corrected chi connectivity index (χ4v) is 3.37. The Morgan fingerprint density at radius 2 is 2.00 bits per heavy atom. The largest absolute Gasteiger partial charge is 0.380 e. The van der Waals surface area contributed by atoms with Crippen molar-refractivity contribution in [3.8, 4) is 0 Å². The molecular formula is C17H27FIN3O3S. The second-order valence-corrected chi connectivity index (χ2v) is 8.98. The maximum atomic E-state index is 13.6. The molecule has 0 amide bonds. The van der Waals surface area contributed by atoms with Gasteiger partial charge in [0.15, 0.2) is 15.8 Å². The molecule has 0 saturated carbocycles. The van der Waals surface area contributed by atoms with Gasteiger partial charge in [-0.3, -0.25) is 0 Å². The molecule has 1 aromatic carbocycles. The zero-order valence-electron chi connectivity index (χ0n) is 15.3. The quantitative estimate of drug-likeness (QED) is 0.341. The summed E-state index contributed by atoms with van der Waals surface area (Å²) in [5, 5.41) is 6.40. The molecule has 1 fully saturated rings. The molecule has 2 N–H and O–H groups in total. The van der Waals surface area contributed by atoms with Gasteiger partial charge in [-0.2, -0.15) is 0 Å². The summed E-state index contributed by atoms with van der Waals surface area (Å²) < 4.78 is 41.9. The van der Waals surface area contributed by atoms with Gasteiger partial charge in [-0.1, -0.05) is 13.0 Å². The summed E-state index contributed by atoms with van der Waals surface area (Å²) in [5.74, 6) is 0.0852. The lowest BCUT2D eigenvalue weighted by Gasteiger charge is -2.38. The number of sulfone groups is 1. The number of aliphatic imine (C=N–C) groups is 1.